The summed E-state index contributed by atoms with van der Waals surface area (Å²) in [6.07, 6.45) is 0. The summed E-state index contributed by atoms with van der Waals surface area (Å²) < 4.78 is 0. The number of hydrogen-bond donors (Lipinski definition) is 2. The minimum absolute atomic E-state index is 0. The van der Waals surface area contributed by atoms with Gasteiger partial charge in [0.15, 0.2) is 0 Å². The van der Waals surface area contributed by atoms with Gasteiger partial charge in [-0.2, -0.15) is 13.5 Å². The zero-order chi connectivity index (χ0) is 2.00. The van der Waals surface area contributed by atoms with Gasteiger partial charge in [0.1, 0.15) is 0 Å². The zero-order valence-corrected chi connectivity index (χ0v) is 3.75. The average Bonchev–Trinajstić information content (AvgIpc) is 1.00. The molecule has 0 atom stereocenters. The van der Waals surface area contributed by atoms with Crippen LogP contribution in [0.2, 0.25) is 0 Å². The molecular formula is H6ClNOS. The van der Waals surface area contributed by atoms with Gasteiger partial charge in [0, 0.05) is 0 Å². The lowest BCUT2D eigenvalue weighted by Crippen LogP contribution is -1.72. The Hall–Kier alpha value is 0.560. The molecule has 0 aromatic rings. The molecule has 0 aliphatic heterocycles. The Bertz CT molecular complexity index is 8.00. The second-order valence-electron chi connectivity index (χ2n) is 0. The van der Waals surface area contributed by atoms with E-state index in [4.69, 9.17) is 5.21 Å². The summed E-state index contributed by atoms with van der Waals surface area (Å²) in [6.45, 7) is 0. The lowest BCUT2D eigenvalue weighted by Gasteiger charge is -1.27. The SMILES string of the molecule is Cl.NO.S. The summed E-state index contributed by atoms with van der Waals surface area (Å²) >= 11 is 0. The molecule has 2 nitrogen and oxygen atoms in total. The molecule has 3 N–H and O–H groups in total. The van der Waals surface area contributed by atoms with Gasteiger partial charge in [-0.3, -0.25) is 0 Å². The van der Waals surface area contributed by atoms with Gasteiger partial charge in [0.05, 0.1) is 0 Å². The van der Waals surface area contributed by atoms with Crippen molar-refractivity contribution in [2.45, 2.75) is 0 Å². The average molecular weight is 104 g/mol. The zero-order valence-electron chi connectivity index (χ0n) is 1.93. The third kappa shape index (κ3) is 19.9. The van der Waals surface area contributed by atoms with Crippen molar-refractivity contribution in [2.24, 2.45) is 5.90 Å². The van der Waals surface area contributed by atoms with Gasteiger partial charge in [-0.15, -0.1) is 12.4 Å². The van der Waals surface area contributed by atoms with Crippen molar-refractivity contribution < 1.29 is 5.21 Å². The Morgan fingerprint density at radius 1 is 1.25 bits per heavy atom. The normalized spacial score (nSPS) is 1.50. The van der Waals surface area contributed by atoms with E-state index >= 15 is 0 Å². The van der Waals surface area contributed by atoms with Crippen LogP contribution >= 0.6 is 25.9 Å². The second-order valence-corrected chi connectivity index (χ2v) is 0. The standard InChI is InChI=1S/ClH.H3NO.H2S/c;1-2;/h1H;2H,1H2;1H2. The monoisotopic (exact) mass is 103 g/mol. The van der Waals surface area contributed by atoms with Crippen molar-refractivity contribution in [1.29, 1.82) is 0 Å². The molecule has 0 fully saturated rings. The van der Waals surface area contributed by atoms with E-state index in [-0.39, 0.29) is 25.9 Å². The molecule has 0 aromatic heterocycles. The number of nitrogens with two attached hydrogens (primary N) is 1. The van der Waals surface area contributed by atoms with Gasteiger partial charge in [-0.1, -0.05) is 0 Å². The lowest BCUT2D eigenvalue weighted by atomic mass is 13.6. The molecule has 0 radical (unpaired) electrons. The van der Waals surface area contributed by atoms with E-state index < -0.39 is 0 Å². The highest BCUT2D eigenvalue weighted by Crippen LogP contribution is 0.690. The lowest BCUT2D eigenvalue weighted by molar-refractivity contribution is 0.311. The highest BCUT2D eigenvalue weighted by atomic mass is 35.5. The Kier molecular flexibility index (Phi) is 442. The predicted octanol–water partition coefficient (Wildman–Crippen LogP) is -0.131. The van der Waals surface area contributed by atoms with Crippen LogP contribution < -0.4 is 5.90 Å². The van der Waals surface area contributed by atoms with E-state index in [1.807, 2.05) is 0 Å². The molecule has 0 amide bonds. The number of hydrogen-bond acceptors (Lipinski definition) is 2. The molecule has 30 valence electrons. The Balaban J connectivity index is -0.00000000500. The minimum atomic E-state index is 0. The molecule has 0 spiro atoms. The molecule has 0 unspecified atom stereocenters. The summed E-state index contributed by atoms with van der Waals surface area (Å²) in [5.74, 6) is 3.50. The third-order valence-electron chi connectivity index (χ3n) is 0. The van der Waals surface area contributed by atoms with Gasteiger partial charge in [-0.25, -0.2) is 5.90 Å². The quantitative estimate of drug-likeness (QED) is 0.420. The topological polar surface area (TPSA) is 46.2 Å². The summed E-state index contributed by atoms with van der Waals surface area (Å²) in [5.41, 5.74) is 0. The molecule has 4 heavy (non-hydrogen) atoms. The summed E-state index contributed by atoms with van der Waals surface area (Å²) in [4.78, 5) is 0. The molecule has 4 heteroatoms. The molecule has 0 rings (SSSR count). The molecule has 0 aromatic carbocycles. The molecule has 0 bridgehead atoms. The minimum Gasteiger partial charge on any atom is -0.320 e. The summed E-state index contributed by atoms with van der Waals surface area (Å²) in [6, 6.07) is 0. The largest absolute Gasteiger partial charge is 0.320 e. The van der Waals surface area contributed by atoms with Crippen molar-refractivity contribution in [1.82, 2.24) is 0 Å². The van der Waals surface area contributed by atoms with E-state index in [2.05, 4.69) is 5.90 Å². The second kappa shape index (κ2) is 74.4. The van der Waals surface area contributed by atoms with Gasteiger partial charge >= 0.3 is 0 Å². The van der Waals surface area contributed by atoms with Gasteiger partial charge in [-0.05, 0) is 0 Å². The van der Waals surface area contributed by atoms with E-state index in [0.717, 1.165) is 0 Å². The van der Waals surface area contributed by atoms with Crippen molar-refractivity contribution in [3.8, 4) is 0 Å². The molecule has 0 heterocycles. The van der Waals surface area contributed by atoms with E-state index in [9.17, 15) is 0 Å². The van der Waals surface area contributed by atoms with Crippen LogP contribution in [-0.4, -0.2) is 5.21 Å². The maximum absolute atomic E-state index is 6.50. The van der Waals surface area contributed by atoms with Crippen LogP contribution in [0.15, 0.2) is 0 Å². The van der Waals surface area contributed by atoms with Crippen LogP contribution in [0.4, 0.5) is 0 Å². The molecule has 0 aliphatic rings. The Labute approximate surface area is 37.8 Å². The van der Waals surface area contributed by atoms with Crippen molar-refractivity contribution in [3.05, 3.63) is 0 Å². The molecule has 0 saturated heterocycles. The van der Waals surface area contributed by atoms with Crippen molar-refractivity contribution in [2.75, 3.05) is 0 Å². The maximum atomic E-state index is 6.50. The molecule has 0 aliphatic carbocycles. The van der Waals surface area contributed by atoms with E-state index in [1.54, 1.807) is 0 Å². The van der Waals surface area contributed by atoms with Gasteiger partial charge in [0.25, 0.3) is 0 Å². The first kappa shape index (κ1) is 23.7. The molecule has 0 saturated carbocycles. The maximum Gasteiger partial charge on any atom is -0.147 e. The smallest absolute Gasteiger partial charge is 0.147 e. The Morgan fingerprint density at radius 3 is 1.25 bits per heavy atom. The van der Waals surface area contributed by atoms with Crippen LogP contribution in [0.5, 0.6) is 0 Å². The number of halogens is 1. The van der Waals surface area contributed by atoms with Crippen molar-refractivity contribution in [3.63, 3.8) is 0 Å². The predicted molar refractivity (Wildman–Crippen MR) is 23.6 cm³/mol. The van der Waals surface area contributed by atoms with Gasteiger partial charge < -0.3 is 5.21 Å². The first-order chi connectivity index (χ1) is 1.00. The number of rotatable bonds is 0. The first-order valence-corrected chi connectivity index (χ1v) is 0.258. The Morgan fingerprint density at radius 2 is 1.25 bits per heavy atom. The summed E-state index contributed by atoms with van der Waals surface area (Å²) in [7, 11) is 0. The fourth-order valence-electron chi connectivity index (χ4n) is 0. The van der Waals surface area contributed by atoms with E-state index in [1.165, 1.54) is 0 Å². The van der Waals surface area contributed by atoms with E-state index in [0.29, 0.717) is 0 Å². The van der Waals surface area contributed by atoms with Crippen LogP contribution in [0.1, 0.15) is 0 Å². The molecular weight excluding hydrogens is 97.5 g/mol. The fraction of sp³-hybridized carbons (Fsp3) is 0. The first-order valence-electron chi connectivity index (χ1n) is 0.258. The highest BCUT2D eigenvalue weighted by Gasteiger charge is 0.732. The van der Waals surface area contributed by atoms with Crippen LogP contribution in [0, 0.1) is 0 Å². The highest BCUT2D eigenvalue weighted by molar-refractivity contribution is 7.59. The van der Waals surface area contributed by atoms with Crippen LogP contribution in [0.3, 0.4) is 0 Å². The van der Waals surface area contributed by atoms with Crippen molar-refractivity contribution >= 4 is 25.9 Å². The summed E-state index contributed by atoms with van der Waals surface area (Å²) in [5, 5.41) is 6.50. The third-order valence-corrected chi connectivity index (χ3v) is 0. The van der Waals surface area contributed by atoms with Crippen LogP contribution in [-0.2, 0) is 0 Å². The fourth-order valence-corrected chi connectivity index (χ4v) is 0. The van der Waals surface area contributed by atoms with Crippen LogP contribution in [0.25, 0.3) is 0 Å². The van der Waals surface area contributed by atoms with Gasteiger partial charge in [0.2, 0.25) is 0 Å².